The Hall–Kier alpha value is -3.81. The van der Waals surface area contributed by atoms with Crippen molar-refractivity contribution < 1.29 is 1.37 Å². The lowest BCUT2D eigenvalue weighted by molar-refractivity contribution is 1.08. The summed E-state index contributed by atoms with van der Waals surface area (Å²) in [5, 5.41) is 3.62. The van der Waals surface area contributed by atoms with Crippen molar-refractivity contribution in [2.45, 2.75) is 0 Å². The lowest BCUT2D eigenvalue weighted by Crippen LogP contribution is -2.13. The van der Waals surface area contributed by atoms with Crippen molar-refractivity contribution in [3.05, 3.63) is 115 Å². The predicted molar refractivity (Wildman–Crippen MR) is 140 cm³/mol. The molecular formula is C29H22N3P. The number of hydrogen-bond acceptors (Lipinski definition) is 2. The summed E-state index contributed by atoms with van der Waals surface area (Å²) in [6, 6.07) is 33.8. The molecule has 0 amide bonds. The molecule has 0 fully saturated rings. The summed E-state index contributed by atoms with van der Waals surface area (Å²) >= 11 is 0. The van der Waals surface area contributed by atoms with Crippen LogP contribution >= 0.6 is 7.92 Å². The first-order chi connectivity index (χ1) is 16.7. The van der Waals surface area contributed by atoms with Gasteiger partial charge in [-0.15, -0.1) is 0 Å². The van der Waals surface area contributed by atoms with E-state index < -0.39 is 7.92 Å². The largest absolute Gasteiger partial charge is 0.294 e. The molecule has 0 aliphatic heterocycles. The summed E-state index contributed by atoms with van der Waals surface area (Å²) in [6.07, 6.45) is 3.62. The lowest BCUT2D eigenvalue weighted by Gasteiger charge is -2.13. The first-order valence-corrected chi connectivity index (χ1v) is 12.7. The van der Waals surface area contributed by atoms with Crippen molar-refractivity contribution in [1.82, 2.24) is 14.5 Å². The number of benzene rings is 3. The van der Waals surface area contributed by atoms with Crippen molar-refractivity contribution in [2.75, 3.05) is 6.66 Å². The van der Waals surface area contributed by atoms with Crippen LogP contribution in [0.3, 0.4) is 0 Å². The third kappa shape index (κ3) is 3.51. The zero-order valence-electron chi connectivity index (χ0n) is 19.2. The highest BCUT2D eigenvalue weighted by molar-refractivity contribution is 7.72. The molecule has 33 heavy (non-hydrogen) atoms. The summed E-state index contributed by atoms with van der Waals surface area (Å²) < 4.78 is 10.6. The summed E-state index contributed by atoms with van der Waals surface area (Å²) in [6.45, 7) is 2.26. The van der Waals surface area contributed by atoms with Gasteiger partial charge in [-0.2, -0.15) is 0 Å². The molecule has 6 rings (SSSR count). The molecule has 0 aliphatic rings. The van der Waals surface area contributed by atoms with E-state index in [1.165, 1.54) is 10.9 Å². The van der Waals surface area contributed by atoms with E-state index in [2.05, 4.69) is 94.0 Å². The molecule has 6 aromatic rings. The summed E-state index contributed by atoms with van der Waals surface area (Å²) in [4.78, 5) is 9.14. The minimum atomic E-state index is -0.526. The smallest absolute Gasteiger partial charge is 0.137 e. The highest BCUT2D eigenvalue weighted by atomic mass is 31.1. The molecule has 3 nitrogen and oxygen atoms in total. The first-order valence-electron chi connectivity index (χ1n) is 11.4. The molecule has 0 radical (unpaired) electrons. The number of rotatable bonds is 4. The van der Waals surface area contributed by atoms with Crippen molar-refractivity contribution >= 4 is 40.5 Å². The van der Waals surface area contributed by atoms with Crippen LogP contribution in [0.2, 0.25) is 0 Å². The van der Waals surface area contributed by atoms with E-state index in [1.807, 2.05) is 18.3 Å². The van der Waals surface area contributed by atoms with Gasteiger partial charge in [-0.05, 0) is 73.5 Å². The van der Waals surface area contributed by atoms with Crippen LogP contribution in [0.15, 0.2) is 115 Å². The second kappa shape index (κ2) is 8.27. The number of pyridine rings is 2. The van der Waals surface area contributed by atoms with Gasteiger partial charge in [0.1, 0.15) is 5.82 Å². The van der Waals surface area contributed by atoms with E-state index in [1.54, 1.807) is 18.3 Å². The van der Waals surface area contributed by atoms with E-state index in [0.29, 0.717) is 11.9 Å². The van der Waals surface area contributed by atoms with E-state index in [9.17, 15) is 0 Å². The predicted octanol–water partition coefficient (Wildman–Crippen LogP) is 6.30. The minimum absolute atomic E-state index is 0.407. The molecule has 1 unspecified atom stereocenters. The van der Waals surface area contributed by atoms with Gasteiger partial charge in [-0.3, -0.25) is 9.55 Å². The quantitative estimate of drug-likeness (QED) is 0.299. The van der Waals surface area contributed by atoms with Gasteiger partial charge in [0, 0.05) is 23.2 Å². The van der Waals surface area contributed by atoms with Crippen LogP contribution in [0.5, 0.6) is 0 Å². The van der Waals surface area contributed by atoms with Gasteiger partial charge in [-0.25, -0.2) is 4.98 Å². The molecule has 0 spiro atoms. The van der Waals surface area contributed by atoms with E-state index in [-0.39, 0.29) is 0 Å². The van der Waals surface area contributed by atoms with Gasteiger partial charge in [0.2, 0.25) is 0 Å². The molecule has 158 valence electrons. The molecule has 3 heterocycles. The molecule has 0 saturated heterocycles. The fourth-order valence-corrected chi connectivity index (χ4v) is 5.85. The van der Waals surface area contributed by atoms with Crippen molar-refractivity contribution in [1.29, 1.82) is 0 Å². The third-order valence-corrected chi connectivity index (χ3v) is 8.04. The van der Waals surface area contributed by atoms with Gasteiger partial charge < -0.3 is 0 Å². The molecule has 4 heteroatoms. The maximum Gasteiger partial charge on any atom is 0.137 e. The Morgan fingerprint density at radius 3 is 2.36 bits per heavy atom. The molecule has 0 N–H and O–H groups in total. The first kappa shape index (κ1) is 18.7. The second-order valence-corrected chi connectivity index (χ2v) is 10.1. The van der Waals surface area contributed by atoms with Gasteiger partial charge in [0.05, 0.1) is 17.8 Å². The summed E-state index contributed by atoms with van der Waals surface area (Å²) in [7, 11) is -0.526. The number of nitrogens with zero attached hydrogens (tertiary/aromatic N) is 3. The second-order valence-electron chi connectivity index (χ2n) is 7.99. The van der Waals surface area contributed by atoms with Crippen LogP contribution in [0, 0.1) is 0 Å². The Bertz CT molecular complexity index is 1640. The Morgan fingerprint density at radius 1 is 0.697 bits per heavy atom. The fourth-order valence-electron chi connectivity index (χ4n) is 4.40. The van der Waals surface area contributed by atoms with Crippen LogP contribution in [-0.4, -0.2) is 21.2 Å². The molecule has 3 aromatic carbocycles. The maximum absolute atomic E-state index is 8.49. The highest BCUT2D eigenvalue weighted by Crippen LogP contribution is 2.35. The van der Waals surface area contributed by atoms with Gasteiger partial charge in [0.25, 0.3) is 0 Å². The molecule has 0 saturated carbocycles. The topological polar surface area (TPSA) is 30.7 Å². The SMILES string of the molecule is [2H]c1cccnc1-n1c2ccccc2c2ccc(-c3cccc(P(C)c4ccccn4)c3)cc21. The van der Waals surface area contributed by atoms with Crippen molar-refractivity contribution in [2.24, 2.45) is 0 Å². The van der Waals surface area contributed by atoms with Crippen LogP contribution in [-0.2, 0) is 0 Å². The Kier molecular flexibility index (Phi) is 4.70. The number of hydrogen-bond donors (Lipinski definition) is 0. The van der Waals surface area contributed by atoms with Gasteiger partial charge in [0.15, 0.2) is 0 Å². The average Bonchev–Trinajstić information content (AvgIpc) is 3.23. The summed E-state index contributed by atoms with van der Waals surface area (Å²) in [5.74, 6) is 0.645. The Labute approximate surface area is 195 Å². The molecular weight excluding hydrogens is 421 g/mol. The monoisotopic (exact) mass is 444 g/mol. The normalized spacial score (nSPS) is 12.7. The Morgan fingerprint density at radius 2 is 1.48 bits per heavy atom. The number of aromatic nitrogens is 3. The lowest BCUT2D eigenvalue weighted by atomic mass is 10.0. The Balaban J connectivity index is 1.53. The van der Waals surface area contributed by atoms with Crippen LogP contribution in [0.25, 0.3) is 38.8 Å². The summed E-state index contributed by atoms with van der Waals surface area (Å²) in [5.41, 5.74) is 5.56. The van der Waals surface area contributed by atoms with Crippen LogP contribution in [0.4, 0.5) is 0 Å². The van der Waals surface area contributed by atoms with E-state index in [0.717, 1.165) is 32.8 Å². The minimum Gasteiger partial charge on any atom is -0.294 e. The van der Waals surface area contributed by atoms with Crippen molar-refractivity contribution in [3.8, 4) is 16.9 Å². The molecule has 1 atom stereocenters. The van der Waals surface area contributed by atoms with Crippen LogP contribution in [0.1, 0.15) is 1.37 Å². The third-order valence-electron chi connectivity index (χ3n) is 6.04. The van der Waals surface area contributed by atoms with Gasteiger partial charge >= 0.3 is 0 Å². The fraction of sp³-hybridized carbons (Fsp3) is 0.0345. The standard InChI is InChI=1S/C29H22N3P/c1-33(29-14-5-7-18-31-29)23-10-8-9-21(19-23)22-15-16-25-24-11-2-3-12-26(24)32(27(25)20-22)28-13-4-6-17-30-28/h2-20H,1H3/i13D. The van der Waals surface area contributed by atoms with E-state index in [4.69, 9.17) is 1.37 Å². The maximum atomic E-state index is 8.49. The zero-order valence-corrected chi connectivity index (χ0v) is 19.1. The number of fused-ring (bicyclic) bond motifs is 3. The highest BCUT2D eigenvalue weighted by Gasteiger charge is 2.14. The van der Waals surface area contributed by atoms with E-state index >= 15 is 0 Å². The van der Waals surface area contributed by atoms with Gasteiger partial charge in [-0.1, -0.05) is 60.7 Å². The molecule has 0 aliphatic carbocycles. The van der Waals surface area contributed by atoms with Crippen LogP contribution < -0.4 is 10.7 Å². The average molecular weight is 444 g/mol. The number of para-hydroxylation sites is 1. The molecule has 0 bridgehead atoms. The van der Waals surface area contributed by atoms with Crippen molar-refractivity contribution in [3.63, 3.8) is 0 Å². The molecule has 3 aromatic heterocycles. The zero-order chi connectivity index (χ0) is 23.1.